The number of hydrogen-bond acceptors (Lipinski definition) is 2. The summed E-state index contributed by atoms with van der Waals surface area (Å²) in [5.41, 5.74) is 1.72. The van der Waals surface area contributed by atoms with Crippen molar-refractivity contribution in [3.8, 4) is 0 Å². The SMILES string of the molecule is Cc1c(Cl)cccc1C(=O)CC1CCSCC1. The summed E-state index contributed by atoms with van der Waals surface area (Å²) < 4.78 is 0. The highest BCUT2D eigenvalue weighted by Crippen LogP contribution is 2.28. The maximum Gasteiger partial charge on any atom is 0.163 e. The van der Waals surface area contributed by atoms with E-state index in [9.17, 15) is 4.79 Å². The van der Waals surface area contributed by atoms with E-state index in [1.54, 1.807) is 0 Å². The zero-order valence-electron chi connectivity index (χ0n) is 10.0. The molecular formula is C14H17ClOS. The van der Waals surface area contributed by atoms with Gasteiger partial charge in [0.25, 0.3) is 0 Å². The third-order valence-electron chi connectivity index (χ3n) is 3.38. The molecule has 0 amide bonds. The molecular weight excluding hydrogens is 252 g/mol. The predicted octanol–water partition coefficient (Wildman–Crippen LogP) is 4.36. The lowest BCUT2D eigenvalue weighted by Crippen LogP contribution is -2.15. The van der Waals surface area contributed by atoms with Crippen molar-refractivity contribution in [3.05, 3.63) is 34.3 Å². The lowest BCUT2D eigenvalue weighted by molar-refractivity contribution is 0.0958. The van der Waals surface area contributed by atoms with Crippen molar-refractivity contribution >= 4 is 29.1 Å². The number of thioether (sulfide) groups is 1. The Kier molecular flexibility index (Phi) is 4.52. The van der Waals surface area contributed by atoms with E-state index >= 15 is 0 Å². The van der Waals surface area contributed by atoms with E-state index in [1.165, 1.54) is 24.3 Å². The van der Waals surface area contributed by atoms with Crippen LogP contribution in [0.25, 0.3) is 0 Å². The van der Waals surface area contributed by atoms with Crippen molar-refractivity contribution in [1.82, 2.24) is 0 Å². The normalized spacial score (nSPS) is 17.1. The molecule has 0 radical (unpaired) electrons. The fourth-order valence-corrected chi connectivity index (χ4v) is 3.61. The fraction of sp³-hybridized carbons (Fsp3) is 0.500. The monoisotopic (exact) mass is 268 g/mol. The zero-order chi connectivity index (χ0) is 12.3. The molecule has 0 aliphatic carbocycles. The fourth-order valence-electron chi connectivity index (χ4n) is 2.23. The molecule has 1 fully saturated rings. The van der Waals surface area contributed by atoms with Crippen LogP contribution in [-0.4, -0.2) is 17.3 Å². The third kappa shape index (κ3) is 3.26. The molecule has 0 saturated carbocycles. The number of benzene rings is 1. The summed E-state index contributed by atoms with van der Waals surface area (Å²) in [7, 11) is 0. The third-order valence-corrected chi connectivity index (χ3v) is 4.84. The largest absolute Gasteiger partial charge is 0.294 e. The highest BCUT2D eigenvalue weighted by atomic mass is 35.5. The Bertz CT molecular complexity index is 411. The van der Waals surface area contributed by atoms with Crippen LogP contribution < -0.4 is 0 Å². The summed E-state index contributed by atoms with van der Waals surface area (Å²) in [5, 5.41) is 0.690. The second-order valence-corrected chi connectivity index (χ2v) is 6.23. The Morgan fingerprint density at radius 3 is 2.82 bits per heavy atom. The standard InChI is InChI=1S/C14H17ClOS/c1-10-12(3-2-4-13(10)15)14(16)9-11-5-7-17-8-6-11/h2-4,11H,5-9H2,1H3. The first-order chi connectivity index (χ1) is 8.18. The molecule has 0 bridgehead atoms. The molecule has 0 unspecified atom stereocenters. The van der Waals surface area contributed by atoms with E-state index in [2.05, 4.69) is 0 Å². The highest BCUT2D eigenvalue weighted by molar-refractivity contribution is 7.99. The summed E-state index contributed by atoms with van der Waals surface area (Å²) in [6, 6.07) is 5.59. The maximum absolute atomic E-state index is 12.2. The number of ketones is 1. The van der Waals surface area contributed by atoms with Crippen molar-refractivity contribution < 1.29 is 4.79 Å². The molecule has 1 aliphatic rings. The van der Waals surface area contributed by atoms with E-state index in [1.807, 2.05) is 36.9 Å². The molecule has 1 saturated heterocycles. The van der Waals surface area contributed by atoms with Gasteiger partial charge in [0.05, 0.1) is 0 Å². The van der Waals surface area contributed by atoms with Crippen molar-refractivity contribution in [2.45, 2.75) is 26.2 Å². The van der Waals surface area contributed by atoms with Gasteiger partial charge >= 0.3 is 0 Å². The molecule has 1 aromatic rings. The second-order valence-electron chi connectivity index (χ2n) is 4.60. The average molecular weight is 269 g/mol. The molecule has 92 valence electrons. The number of Topliss-reactive ketones (excluding diaryl/α,β-unsaturated/α-hetero) is 1. The molecule has 3 heteroatoms. The topological polar surface area (TPSA) is 17.1 Å². The molecule has 2 rings (SSSR count). The predicted molar refractivity (Wildman–Crippen MR) is 75.2 cm³/mol. The highest BCUT2D eigenvalue weighted by Gasteiger charge is 2.19. The Balaban J connectivity index is 2.06. The average Bonchev–Trinajstić information content (AvgIpc) is 2.34. The van der Waals surface area contributed by atoms with Gasteiger partial charge < -0.3 is 0 Å². The lowest BCUT2D eigenvalue weighted by atomic mass is 9.92. The summed E-state index contributed by atoms with van der Waals surface area (Å²) >= 11 is 8.04. The van der Waals surface area contributed by atoms with Crippen LogP contribution in [0.15, 0.2) is 18.2 Å². The van der Waals surface area contributed by atoms with Crippen molar-refractivity contribution in [2.75, 3.05) is 11.5 Å². The summed E-state index contributed by atoms with van der Waals surface area (Å²) in [4.78, 5) is 12.2. The smallest absolute Gasteiger partial charge is 0.163 e. The van der Waals surface area contributed by atoms with Gasteiger partial charge in [-0.3, -0.25) is 4.79 Å². The first-order valence-electron chi connectivity index (χ1n) is 6.04. The molecule has 17 heavy (non-hydrogen) atoms. The zero-order valence-corrected chi connectivity index (χ0v) is 11.6. The Morgan fingerprint density at radius 2 is 2.12 bits per heavy atom. The van der Waals surface area contributed by atoms with E-state index < -0.39 is 0 Å². The first-order valence-corrected chi connectivity index (χ1v) is 7.58. The van der Waals surface area contributed by atoms with Crippen LogP contribution in [0, 0.1) is 12.8 Å². The molecule has 1 heterocycles. The van der Waals surface area contributed by atoms with Crippen LogP contribution in [0.3, 0.4) is 0 Å². The van der Waals surface area contributed by atoms with Crippen LogP contribution in [0.5, 0.6) is 0 Å². The number of hydrogen-bond donors (Lipinski definition) is 0. The molecule has 0 atom stereocenters. The molecule has 0 N–H and O–H groups in total. The molecule has 1 aliphatic heterocycles. The minimum atomic E-state index is 0.252. The van der Waals surface area contributed by atoms with Crippen molar-refractivity contribution in [3.63, 3.8) is 0 Å². The number of carbonyl (C=O) groups excluding carboxylic acids is 1. The summed E-state index contributed by atoms with van der Waals surface area (Å²) in [6.07, 6.45) is 3.04. The molecule has 1 aromatic carbocycles. The van der Waals surface area contributed by atoms with Gasteiger partial charge in [-0.25, -0.2) is 0 Å². The Morgan fingerprint density at radius 1 is 1.41 bits per heavy atom. The van der Waals surface area contributed by atoms with Crippen molar-refractivity contribution in [1.29, 1.82) is 0 Å². The van der Waals surface area contributed by atoms with Crippen molar-refractivity contribution in [2.24, 2.45) is 5.92 Å². The second kappa shape index (κ2) is 5.92. The molecule has 1 nitrogen and oxygen atoms in total. The van der Waals surface area contributed by atoms with E-state index in [0.29, 0.717) is 17.4 Å². The maximum atomic E-state index is 12.2. The van der Waals surface area contributed by atoms with Gasteiger partial charge in [-0.2, -0.15) is 11.8 Å². The number of rotatable bonds is 3. The van der Waals surface area contributed by atoms with E-state index in [4.69, 9.17) is 11.6 Å². The number of carbonyl (C=O) groups is 1. The van der Waals surface area contributed by atoms with Gasteiger partial charge in [0, 0.05) is 17.0 Å². The van der Waals surface area contributed by atoms with Gasteiger partial charge in [-0.15, -0.1) is 0 Å². The number of halogens is 1. The summed E-state index contributed by atoms with van der Waals surface area (Å²) in [5.74, 6) is 3.22. The van der Waals surface area contributed by atoms with E-state index in [0.717, 1.165) is 11.1 Å². The van der Waals surface area contributed by atoms with E-state index in [-0.39, 0.29) is 5.78 Å². The lowest BCUT2D eigenvalue weighted by Gasteiger charge is -2.20. The Hall–Kier alpha value is -0.470. The minimum Gasteiger partial charge on any atom is -0.294 e. The van der Waals surface area contributed by atoms with Gasteiger partial charge in [0.1, 0.15) is 0 Å². The van der Waals surface area contributed by atoms with Gasteiger partial charge in [-0.05, 0) is 48.8 Å². The quantitative estimate of drug-likeness (QED) is 0.758. The van der Waals surface area contributed by atoms with Crippen LogP contribution >= 0.6 is 23.4 Å². The molecule has 0 spiro atoms. The van der Waals surface area contributed by atoms with Crippen LogP contribution in [0.1, 0.15) is 35.2 Å². The van der Waals surface area contributed by atoms with Crippen LogP contribution in [0.4, 0.5) is 0 Å². The van der Waals surface area contributed by atoms with Gasteiger partial charge in [0.2, 0.25) is 0 Å². The Labute approximate surface area is 112 Å². The summed E-state index contributed by atoms with van der Waals surface area (Å²) in [6.45, 7) is 1.92. The van der Waals surface area contributed by atoms with Gasteiger partial charge in [0.15, 0.2) is 5.78 Å². The van der Waals surface area contributed by atoms with Gasteiger partial charge in [-0.1, -0.05) is 23.7 Å². The minimum absolute atomic E-state index is 0.252. The van der Waals surface area contributed by atoms with Crippen LogP contribution in [0.2, 0.25) is 5.02 Å². The van der Waals surface area contributed by atoms with Crippen LogP contribution in [-0.2, 0) is 0 Å². The first kappa shape index (κ1) is 13.0. The molecule has 0 aromatic heterocycles.